The van der Waals surface area contributed by atoms with E-state index >= 15 is 0 Å². The molecule has 5 heteroatoms. The number of benzene rings is 3. The average Bonchev–Trinajstić information content (AvgIpc) is 3.00. The van der Waals surface area contributed by atoms with Gasteiger partial charge in [0.2, 0.25) is 5.91 Å². The summed E-state index contributed by atoms with van der Waals surface area (Å²) in [6.45, 7) is 2.99. The van der Waals surface area contributed by atoms with E-state index in [1.54, 1.807) is 14.2 Å². The molecule has 0 bridgehead atoms. The topological polar surface area (TPSA) is 50.8 Å². The van der Waals surface area contributed by atoms with Crippen molar-refractivity contribution in [2.45, 2.75) is 13.0 Å². The zero-order valence-corrected chi connectivity index (χ0v) is 18.7. The summed E-state index contributed by atoms with van der Waals surface area (Å²) in [5.74, 6) is 1.69. The fourth-order valence-electron chi connectivity index (χ4n) is 4.39. The van der Waals surface area contributed by atoms with Crippen LogP contribution in [0.3, 0.4) is 0 Å². The summed E-state index contributed by atoms with van der Waals surface area (Å²) in [6, 6.07) is 24.5. The standard InChI is InChI=1S/C27H30N2O3/c1-31-23-10-7-8-20(16-23)18-29-15-14-28-27(30)22(19-29)17-21-9-3-4-11-24(21)25-12-5-6-13-26(25)32-2/h3-13,16,22H,14-15,17-19H2,1-2H3,(H,28,30). The van der Waals surface area contributed by atoms with Crippen LogP contribution in [0.4, 0.5) is 0 Å². The third-order valence-electron chi connectivity index (χ3n) is 6.00. The number of carbonyl (C=O) groups is 1. The van der Waals surface area contributed by atoms with E-state index in [1.165, 1.54) is 5.56 Å². The van der Waals surface area contributed by atoms with Crippen molar-refractivity contribution in [3.8, 4) is 22.6 Å². The van der Waals surface area contributed by atoms with Crippen LogP contribution in [0, 0.1) is 5.92 Å². The number of amides is 1. The van der Waals surface area contributed by atoms with E-state index in [0.29, 0.717) is 19.5 Å². The molecule has 5 nitrogen and oxygen atoms in total. The number of methoxy groups -OCH3 is 2. The van der Waals surface area contributed by atoms with Crippen molar-refractivity contribution in [1.29, 1.82) is 0 Å². The van der Waals surface area contributed by atoms with Crippen LogP contribution in [-0.4, -0.2) is 44.7 Å². The molecule has 1 amide bonds. The Bertz CT molecular complexity index is 1070. The second-order valence-electron chi connectivity index (χ2n) is 8.14. The van der Waals surface area contributed by atoms with Crippen LogP contribution in [0.1, 0.15) is 11.1 Å². The number of nitrogens with one attached hydrogen (secondary N) is 1. The molecule has 0 spiro atoms. The van der Waals surface area contributed by atoms with E-state index in [0.717, 1.165) is 41.3 Å². The fourth-order valence-corrected chi connectivity index (χ4v) is 4.39. The third kappa shape index (κ3) is 5.11. The van der Waals surface area contributed by atoms with Crippen molar-refractivity contribution < 1.29 is 14.3 Å². The minimum atomic E-state index is -0.126. The van der Waals surface area contributed by atoms with E-state index in [1.807, 2.05) is 42.5 Å². The normalized spacial score (nSPS) is 16.8. The predicted molar refractivity (Wildman–Crippen MR) is 127 cm³/mol. The monoisotopic (exact) mass is 430 g/mol. The molecule has 1 N–H and O–H groups in total. The lowest BCUT2D eigenvalue weighted by Gasteiger charge is -2.24. The molecule has 1 atom stereocenters. The number of para-hydroxylation sites is 1. The van der Waals surface area contributed by atoms with Gasteiger partial charge in [-0.3, -0.25) is 9.69 Å². The zero-order chi connectivity index (χ0) is 22.3. The van der Waals surface area contributed by atoms with Gasteiger partial charge in [0.25, 0.3) is 0 Å². The Balaban J connectivity index is 1.56. The Morgan fingerprint density at radius 3 is 2.53 bits per heavy atom. The van der Waals surface area contributed by atoms with Gasteiger partial charge < -0.3 is 14.8 Å². The molecule has 4 rings (SSSR count). The predicted octanol–water partition coefficient (Wildman–Crippen LogP) is 4.16. The Hall–Kier alpha value is -3.31. The highest BCUT2D eigenvalue weighted by molar-refractivity contribution is 5.80. The molecular formula is C27H30N2O3. The van der Waals surface area contributed by atoms with Gasteiger partial charge >= 0.3 is 0 Å². The van der Waals surface area contributed by atoms with Gasteiger partial charge in [-0.05, 0) is 41.3 Å². The summed E-state index contributed by atoms with van der Waals surface area (Å²) < 4.78 is 11.0. The second kappa shape index (κ2) is 10.3. The van der Waals surface area contributed by atoms with Gasteiger partial charge in [-0.15, -0.1) is 0 Å². The molecule has 32 heavy (non-hydrogen) atoms. The van der Waals surface area contributed by atoms with Gasteiger partial charge in [-0.1, -0.05) is 54.6 Å². The van der Waals surface area contributed by atoms with Crippen molar-refractivity contribution in [2.24, 2.45) is 5.92 Å². The highest BCUT2D eigenvalue weighted by Gasteiger charge is 2.26. The van der Waals surface area contributed by atoms with Gasteiger partial charge in [0.15, 0.2) is 0 Å². The maximum Gasteiger partial charge on any atom is 0.224 e. The molecule has 0 saturated carbocycles. The molecule has 3 aromatic rings. The lowest BCUT2D eigenvalue weighted by molar-refractivity contribution is -0.124. The molecule has 0 radical (unpaired) electrons. The Morgan fingerprint density at radius 2 is 1.72 bits per heavy atom. The third-order valence-corrected chi connectivity index (χ3v) is 6.00. The zero-order valence-electron chi connectivity index (χ0n) is 18.7. The largest absolute Gasteiger partial charge is 0.497 e. The molecule has 1 unspecified atom stereocenters. The molecule has 1 saturated heterocycles. The first kappa shape index (κ1) is 21.9. The van der Waals surface area contributed by atoms with E-state index < -0.39 is 0 Å². The number of rotatable bonds is 7. The Labute approximate surface area is 190 Å². The first-order chi connectivity index (χ1) is 15.7. The van der Waals surface area contributed by atoms with Crippen LogP contribution in [0.2, 0.25) is 0 Å². The van der Waals surface area contributed by atoms with Crippen molar-refractivity contribution in [3.63, 3.8) is 0 Å². The lowest BCUT2D eigenvalue weighted by Crippen LogP contribution is -2.33. The summed E-state index contributed by atoms with van der Waals surface area (Å²) in [4.78, 5) is 15.3. The number of hydrogen-bond donors (Lipinski definition) is 1. The van der Waals surface area contributed by atoms with E-state index in [9.17, 15) is 4.79 Å². The second-order valence-corrected chi connectivity index (χ2v) is 8.14. The molecular weight excluding hydrogens is 400 g/mol. The molecule has 0 aromatic heterocycles. The molecule has 1 aliphatic rings. The maximum absolute atomic E-state index is 12.9. The van der Waals surface area contributed by atoms with Crippen LogP contribution in [0.15, 0.2) is 72.8 Å². The van der Waals surface area contributed by atoms with Gasteiger partial charge in [0.05, 0.1) is 20.1 Å². The highest BCUT2D eigenvalue weighted by Crippen LogP contribution is 2.33. The minimum Gasteiger partial charge on any atom is -0.497 e. The molecule has 166 valence electrons. The molecule has 1 fully saturated rings. The average molecular weight is 431 g/mol. The fraction of sp³-hybridized carbons (Fsp3) is 0.296. The van der Waals surface area contributed by atoms with E-state index in [2.05, 4.69) is 40.5 Å². The van der Waals surface area contributed by atoms with E-state index in [-0.39, 0.29) is 11.8 Å². The summed E-state index contributed by atoms with van der Waals surface area (Å²) >= 11 is 0. The number of hydrogen-bond acceptors (Lipinski definition) is 4. The first-order valence-corrected chi connectivity index (χ1v) is 11.0. The summed E-state index contributed by atoms with van der Waals surface area (Å²) in [5, 5.41) is 3.10. The summed E-state index contributed by atoms with van der Waals surface area (Å²) in [5.41, 5.74) is 4.50. The van der Waals surface area contributed by atoms with E-state index in [4.69, 9.17) is 9.47 Å². The van der Waals surface area contributed by atoms with Crippen LogP contribution < -0.4 is 14.8 Å². The van der Waals surface area contributed by atoms with Crippen LogP contribution in [-0.2, 0) is 17.8 Å². The van der Waals surface area contributed by atoms with Gasteiger partial charge in [-0.2, -0.15) is 0 Å². The van der Waals surface area contributed by atoms with Gasteiger partial charge in [0.1, 0.15) is 11.5 Å². The number of ether oxygens (including phenoxy) is 2. The van der Waals surface area contributed by atoms with Crippen molar-refractivity contribution in [2.75, 3.05) is 33.9 Å². The Morgan fingerprint density at radius 1 is 0.938 bits per heavy atom. The summed E-state index contributed by atoms with van der Waals surface area (Å²) in [6.07, 6.45) is 0.675. The Kier molecular flexibility index (Phi) is 7.07. The van der Waals surface area contributed by atoms with Crippen LogP contribution in [0.25, 0.3) is 11.1 Å². The molecule has 1 aliphatic heterocycles. The molecule has 1 heterocycles. The highest BCUT2D eigenvalue weighted by atomic mass is 16.5. The van der Waals surface area contributed by atoms with Crippen LogP contribution >= 0.6 is 0 Å². The van der Waals surface area contributed by atoms with Crippen molar-refractivity contribution >= 4 is 5.91 Å². The van der Waals surface area contributed by atoms with Gasteiger partial charge in [-0.25, -0.2) is 0 Å². The summed E-state index contributed by atoms with van der Waals surface area (Å²) in [7, 11) is 3.37. The molecule has 3 aromatic carbocycles. The SMILES string of the molecule is COc1cccc(CN2CCNC(=O)C(Cc3ccccc3-c3ccccc3OC)C2)c1. The quantitative estimate of drug-likeness (QED) is 0.612. The number of nitrogens with zero attached hydrogens (tertiary/aromatic N) is 1. The lowest BCUT2D eigenvalue weighted by atomic mass is 9.91. The van der Waals surface area contributed by atoms with Crippen molar-refractivity contribution in [3.05, 3.63) is 83.9 Å². The van der Waals surface area contributed by atoms with Crippen LogP contribution in [0.5, 0.6) is 11.5 Å². The van der Waals surface area contributed by atoms with Crippen molar-refractivity contribution in [1.82, 2.24) is 10.2 Å². The smallest absolute Gasteiger partial charge is 0.224 e. The van der Waals surface area contributed by atoms with Gasteiger partial charge in [0, 0.05) is 31.7 Å². The first-order valence-electron chi connectivity index (χ1n) is 11.0. The number of carbonyl (C=O) groups excluding carboxylic acids is 1. The molecule has 0 aliphatic carbocycles. The minimum absolute atomic E-state index is 0.118. The maximum atomic E-state index is 12.9.